The normalized spacial score (nSPS) is 11.3. The van der Waals surface area contributed by atoms with Crippen LogP contribution in [0.5, 0.6) is 0 Å². The van der Waals surface area contributed by atoms with Gasteiger partial charge in [-0.3, -0.25) is 9.59 Å². The summed E-state index contributed by atoms with van der Waals surface area (Å²) in [4.78, 5) is 35.0. The minimum absolute atomic E-state index is 0.0761. The maximum Gasteiger partial charge on any atom is 0.255 e. The molecule has 7 nitrogen and oxygen atoms in total. The molecule has 0 fully saturated rings. The molecule has 0 bridgehead atoms. The van der Waals surface area contributed by atoms with Crippen LogP contribution in [0.25, 0.3) is 11.3 Å². The third kappa shape index (κ3) is 7.17. The summed E-state index contributed by atoms with van der Waals surface area (Å²) in [6.45, 7) is 12.4. The molecule has 7 heteroatoms. The standard InChI is InChI=1S/C34H39N5O2/c1-7-24(8-2)36-31(40)23-16-18-25(19-17-23)37-33-35-21-20-30(39-33)26-13-11-15-29(22(26)3)38-32(41)27-12-9-10-14-28(27)34(4,5)6/h9-21,24H,7-8H2,1-6H3,(H,36,40)(H,38,41)(H,35,37,39). The van der Waals surface area contributed by atoms with Crippen LogP contribution in [0.4, 0.5) is 17.3 Å². The fourth-order valence-corrected chi connectivity index (χ4v) is 4.74. The zero-order valence-electron chi connectivity index (χ0n) is 24.7. The average molecular weight is 550 g/mol. The van der Waals surface area contributed by atoms with E-state index in [2.05, 4.69) is 55.6 Å². The molecule has 4 aromatic rings. The van der Waals surface area contributed by atoms with Crippen molar-refractivity contribution >= 4 is 29.1 Å². The molecule has 0 atom stereocenters. The van der Waals surface area contributed by atoms with Crippen LogP contribution in [0, 0.1) is 6.92 Å². The first kappa shape index (κ1) is 29.5. The van der Waals surface area contributed by atoms with E-state index >= 15 is 0 Å². The molecule has 2 amide bonds. The number of rotatable bonds is 9. The third-order valence-electron chi connectivity index (χ3n) is 7.22. The quantitative estimate of drug-likeness (QED) is 0.199. The van der Waals surface area contributed by atoms with Crippen LogP contribution in [-0.2, 0) is 5.41 Å². The van der Waals surface area contributed by atoms with Gasteiger partial charge in [0.2, 0.25) is 5.95 Å². The second-order valence-corrected chi connectivity index (χ2v) is 11.2. The molecule has 0 unspecified atom stereocenters. The van der Waals surface area contributed by atoms with Gasteiger partial charge in [0, 0.05) is 40.3 Å². The molecule has 0 aliphatic rings. The van der Waals surface area contributed by atoms with Gasteiger partial charge in [0.05, 0.1) is 5.69 Å². The molecule has 4 rings (SSSR count). The van der Waals surface area contributed by atoms with E-state index in [4.69, 9.17) is 4.98 Å². The van der Waals surface area contributed by atoms with Gasteiger partial charge < -0.3 is 16.0 Å². The average Bonchev–Trinajstić information content (AvgIpc) is 2.97. The Labute approximate surface area is 242 Å². The third-order valence-corrected chi connectivity index (χ3v) is 7.22. The number of carbonyl (C=O) groups is 2. The molecule has 1 aromatic heterocycles. The molecule has 1 heterocycles. The first-order chi connectivity index (χ1) is 19.6. The van der Waals surface area contributed by atoms with Crippen LogP contribution in [-0.4, -0.2) is 27.8 Å². The van der Waals surface area contributed by atoms with Gasteiger partial charge in [-0.1, -0.05) is 65.0 Å². The number of amides is 2. The highest BCUT2D eigenvalue weighted by molar-refractivity contribution is 6.06. The fourth-order valence-electron chi connectivity index (χ4n) is 4.74. The van der Waals surface area contributed by atoms with Crippen LogP contribution < -0.4 is 16.0 Å². The van der Waals surface area contributed by atoms with Gasteiger partial charge in [0.1, 0.15) is 0 Å². The molecule has 0 aliphatic carbocycles. The topological polar surface area (TPSA) is 96.0 Å². The smallest absolute Gasteiger partial charge is 0.255 e. The van der Waals surface area contributed by atoms with Gasteiger partial charge in [-0.2, -0.15) is 0 Å². The number of nitrogens with one attached hydrogen (secondary N) is 3. The van der Waals surface area contributed by atoms with E-state index in [1.54, 1.807) is 18.3 Å². The highest BCUT2D eigenvalue weighted by Gasteiger charge is 2.22. The Balaban J connectivity index is 1.51. The zero-order chi connectivity index (χ0) is 29.6. The first-order valence-corrected chi connectivity index (χ1v) is 14.1. The van der Waals surface area contributed by atoms with Crippen LogP contribution in [0.1, 0.15) is 79.3 Å². The summed E-state index contributed by atoms with van der Waals surface area (Å²) in [5.41, 5.74) is 6.15. The second-order valence-electron chi connectivity index (χ2n) is 11.2. The van der Waals surface area contributed by atoms with Crippen LogP contribution in [0.2, 0.25) is 0 Å². The highest BCUT2D eigenvalue weighted by atomic mass is 16.2. The molecule has 3 aromatic carbocycles. The van der Waals surface area contributed by atoms with Crippen molar-refractivity contribution in [3.8, 4) is 11.3 Å². The van der Waals surface area contributed by atoms with E-state index in [1.807, 2.05) is 67.6 Å². The molecule has 3 N–H and O–H groups in total. The zero-order valence-corrected chi connectivity index (χ0v) is 24.7. The van der Waals surface area contributed by atoms with E-state index in [9.17, 15) is 9.59 Å². The maximum atomic E-state index is 13.3. The Hall–Kier alpha value is -4.52. The van der Waals surface area contributed by atoms with Crippen LogP contribution in [0.3, 0.4) is 0 Å². The number of hydrogen-bond acceptors (Lipinski definition) is 5. The minimum atomic E-state index is -0.158. The lowest BCUT2D eigenvalue weighted by Crippen LogP contribution is -2.33. The summed E-state index contributed by atoms with van der Waals surface area (Å²) in [5.74, 6) is 0.218. The number of benzene rings is 3. The van der Waals surface area contributed by atoms with E-state index in [0.29, 0.717) is 17.1 Å². The summed E-state index contributed by atoms with van der Waals surface area (Å²) < 4.78 is 0. The molecule has 0 spiro atoms. The van der Waals surface area contributed by atoms with Crippen LogP contribution >= 0.6 is 0 Å². The molecule has 0 saturated heterocycles. The lowest BCUT2D eigenvalue weighted by Gasteiger charge is -2.22. The van der Waals surface area contributed by atoms with Crippen molar-refractivity contribution in [3.05, 3.63) is 101 Å². The maximum absolute atomic E-state index is 13.3. The Morgan fingerprint density at radius 1 is 0.854 bits per heavy atom. The predicted molar refractivity (Wildman–Crippen MR) is 167 cm³/mol. The Morgan fingerprint density at radius 2 is 1.56 bits per heavy atom. The largest absolute Gasteiger partial charge is 0.349 e. The molecule has 0 radical (unpaired) electrons. The van der Waals surface area contributed by atoms with Gasteiger partial charge in [-0.05, 0) is 78.8 Å². The monoisotopic (exact) mass is 549 g/mol. The van der Waals surface area contributed by atoms with E-state index in [1.165, 1.54) is 0 Å². The van der Waals surface area contributed by atoms with Gasteiger partial charge in [0.25, 0.3) is 11.8 Å². The minimum Gasteiger partial charge on any atom is -0.349 e. The molecule has 41 heavy (non-hydrogen) atoms. The lowest BCUT2D eigenvalue weighted by atomic mass is 9.83. The lowest BCUT2D eigenvalue weighted by molar-refractivity contribution is 0.0934. The molecule has 212 valence electrons. The first-order valence-electron chi connectivity index (χ1n) is 14.1. The van der Waals surface area contributed by atoms with Crippen LogP contribution in [0.15, 0.2) is 79.0 Å². The van der Waals surface area contributed by atoms with Gasteiger partial charge >= 0.3 is 0 Å². The number of carbonyl (C=O) groups excluding carboxylic acids is 2. The summed E-state index contributed by atoms with van der Waals surface area (Å²) in [5, 5.41) is 9.39. The van der Waals surface area contributed by atoms with Crippen molar-refractivity contribution in [2.24, 2.45) is 0 Å². The van der Waals surface area contributed by atoms with Crippen molar-refractivity contribution in [2.45, 2.75) is 65.8 Å². The predicted octanol–water partition coefficient (Wildman–Crippen LogP) is 7.66. The summed E-state index contributed by atoms with van der Waals surface area (Å²) in [7, 11) is 0. The van der Waals surface area contributed by atoms with E-state index in [-0.39, 0.29) is 23.3 Å². The molecular weight excluding hydrogens is 510 g/mol. The van der Waals surface area contributed by atoms with Gasteiger partial charge in [0.15, 0.2) is 0 Å². The Kier molecular flexibility index (Phi) is 9.17. The van der Waals surface area contributed by atoms with Crippen molar-refractivity contribution in [1.82, 2.24) is 15.3 Å². The second kappa shape index (κ2) is 12.8. The Morgan fingerprint density at radius 3 is 2.24 bits per heavy atom. The number of aromatic nitrogens is 2. The number of hydrogen-bond donors (Lipinski definition) is 3. The van der Waals surface area contributed by atoms with E-state index in [0.717, 1.165) is 46.6 Å². The highest BCUT2D eigenvalue weighted by Crippen LogP contribution is 2.30. The van der Waals surface area contributed by atoms with Gasteiger partial charge in [-0.15, -0.1) is 0 Å². The molecular formula is C34H39N5O2. The summed E-state index contributed by atoms with van der Waals surface area (Å²) in [6, 6.07) is 22.8. The van der Waals surface area contributed by atoms with Crippen molar-refractivity contribution in [3.63, 3.8) is 0 Å². The number of anilines is 3. The van der Waals surface area contributed by atoms with Crippen molar-refractivity contribution in [2.75, 3.05) is 10.6 Å². The number of nitrogens with zero attached hydrogens (tertiary/aromatic N) is 2. The summed E-state index contributed by atoms with van der Waals surface area (Å²) >= 11 is 0. The van der Waals surface area contributed by atoms with Crippen molar-refractivity contribution < 1.29 is 9.59 Å². The molecule has 0 saturated carbocycles. The fraction of sp³-hybridized carbons (Fsp3) is 0.294. The van der Waals surface area contributed by atoms with Crippen molar-refractivity contribution in [1.29, 1.82) is 0 Å². The SMILES string of the molecule is CCC(CC)NC(=O)c1ccc(Nc2nccc(-c3cccc(NC(=O)c4ccccc4C(C)(C)C)c3C)n2)cc1. The Bertz CT molecular complexity index is 1520. The van der Waals surface area contributed by atoms with Gasteiger partial charge in [-0.25, -0.2) is 9.97 Å². The molecule has 0 aliphatic heterocycles. The summed E-state index contributed by atoms with van der Waals surface area (Å²) in [6.07, 6.45) is 3.50. The van der Waals surface area contributed by atoms with E-state index < -0.39 is 0 Å².